The predicted octanol–water partition coefficient (Wildman–Crippen LogP) is 1.49. The number of amides is 1. The van der Waals surface area contributed by atoms with Crippen molar-refractivity contribution in [1.82, 2.24) is 5.32 Å². The second-order valence-electron chi connectivity index (χ2n) is 4.48. The molecular weight excluding hydrogens is 268 g/mol. The fourth-order valence-corrected chi connectivity index (χ4v) is 1.90. The van der Waals surface area contributed by atoms with E-state index in [1.165, 1.54) is 0 Å². The minimum atomic E-state index is -0.201. The third-order valence-electron chi connectivity index (χ3n) is 3.06. The maximum atomic E-state index is 12.1. The number of nitrogens with one attached hydrogen (secondary N) is 2. The third-order valence-corrected chi connectivity index (χ3v) is 3.06. The number of hydrogen-bond acceptors (Lipinski definition) is 5. The number of rotatable bonds is 5. The van der Waals surface area contributed by atoms with Gasteiger partial charge in [-0.15, -0.1) is 0 Å². The molecule has 2 aromatic carbocycles. The molecule has 6 nitrogen and oxygen atoms in total. The zero-order chi connectivity index (χ0) is 15.2. The summed E-state index contributed by atoms with van der Waals surface area (Å²) in [4.78, 5) is 12.1. The first-order chi connectivity index (χ1) is 10.1. The summed E-state index contributed by atoms with van der Waals surface area (Å²) in [6.07, 6.45) is 0. The number of carbonyl (C=O) groups is 1. The zero-order valence-electron chi connectivity index (χ0n) is 11.7. The number of hydrogen-bond donors (Lipinski definition) is 4. The molecule has 2 rings (SSSR count). The monoisotopic (exact) mass is 286 g/mol. The highest BCUT2D eigenvalue weighted by molar-refractivity contribution is 5.96. The fraction of sp³-hybridized carbons (Fsp3) is 0.133. The summed E-state index contributed by atoms with van der Waals surface area (Å²) in [6, 6.07) is 12.4. The van der Waals surface area contributed by atoms with Crippen LogP contribution in [0.3, 0.4) is 0 Å². The number of benzene rings is 2. The Bertz CT molecular complexity index is 643. The van der Waals surface area contributed by atoms with Gasteiger partial charge in [0.25, 0.3) is 5.91 Å². The van der Waals surface area contributed by atoms with Gasteiger partial charge < -0.3 is 21.2 Å². The Hall–Kier alpha value is -2.73. The van der Waals surface area contributed by atoms with E-state index in [4.69, 9.17) is 16.3 Å². The molecule has 6 N–H and O–H groups in total. The molecule has 0 radical (unpaired) electrons. The highest BCUT2D eigenvalue weighted by atomic mass is 16.5. The van der Waals surface area contributed by atoms with Crippen LogP contribution in [0.4, 0.5) is 11.4 Å². The number of methoxy groups -OCH3 is 1. The molecule has 0 saturated carbocycles. The van der Waals surface area contributed by atoms with E-state index in [1.54, 1.807) is 25.3 Å². The molecule has 6 heteroatoms. The lowest BCUT2D eigenvalue weighted by atomic mass is 10.1. The molecule has 0 aliphatic carbocycles. The maximum absolute atomic E-state index is 12.1. The Kier molecular flexibility index (Phi) is 4.63. The van der Waals surface area contributed by atoms with Gasteiger partial charge in [0.05, 0.1) is 18.5 Å². The van der Waals surface area contributed by atoms with Crippen LogP contribution < -0.4 is 27.1 Å². The lowest BCUT2D eigenvalue weighted by Gasteiger charge is -2.09. The summed E-state index contributed by atoms with van der Waals surface area (Å²) in [7, 11) is 1.60. The van der Waals surface area contributed by atoms with Crippen molar-refractivity contribution in [3.63, 3.8) is 0 Å². The first kappa shape index (κ1) is 14.7. The summed E-state index contributed by atoms with van der Waals surface area (Å²) >= 11 is 0. The Morgan fingerprint density at radius 1 is 1.24 bits per heavy atom. The van der Waals surface area contributed by atoms with Gasteiger partial charge in [0, 0.05) is 12.1 Å². The Morgan fingerprint density at radius 3 is 2.71 bits per heavy atom. The van der Waals surface area contributed by atoms with Crippen LogP contribution in [0.2, 0.25) is 0 Å². The predicted molar refractivity (Wildman–Crippen MR) is 82.8 cm³/mol. The van der Waals surface area contributed by atoms with Crippen molar-refractivity contribution >= 4 is 17.3 Å². The van der Waals surface area contributed by atoms with Crippen LogP contribution in [0.15, 0.2) is 42.5 Å². The fourth-order valence-electron chi connectivity index (χ4n) is 1.90. The molecule has 0 spiro atoms. The molecule has 110 valence electrons. The molecule has 0 atom stereocenters. The summed E-state index contributed by atoms with van der Waals surface area (Å²) in [6.45, 7) is 0.410. The van der Waals surface area contributed by atoms with Gasteiger partial charge in [0.1, 0.15) is 5.75 Å². The van der Waals surface area contributed by atoms with Crippen molar-refractivity contribution < 1.29 is 9.53 Å². The first-order valence-corrected chi connectivity index (χ1v) is 6.41. The molecule has 0 saturated heterocycles. The summed E-state index contributed by atoms with van der Waals surface area (Å²) in [5.41, 5.74) is 10.7. The summed E-state index contributed by atoms with van der Waals surface area (Å²) < 4.78 is 5.14. The Balaban J connectivity index is 2.02. The van der Waals surface area contributed by atoms with Crippen molar-refractivity contribution in [1.29, 1.82) is 0 Å². The van der Waals surface area contributed by atoms with E-state index < -0.39 is 0 Å². The molecule has 1 amide bonds. The van der Waals surface area contributed by atoms with E-state index in [9.17, 15) is 4.79 Å². The van der Waals surface area contributed by atoms with Crippen molar-refractivity contribution in [3.05, 3.63) is 53.6 Å². The molecule has 2 aromatic rings. The third kappa shape index (κ3) is 3.64. The van der Waals surface area contributed by atoms with E-state index in [2.05, 4.69) is 10.7 Å². The van der Waals surface area contributed by atoms with Crippen LogP contribution >= 0.6 is 0 Å². The normalized spacial score (nSPS) is 10.0. The van der Waals surface area contributed by atoms with Crippen LogP contribution in [-0.4, -0.2) is 13.0 Å². The van der Waals surface area contributed by atoms with E-state index in [-0.39, 0.29) is 5.91 Å². The largest absolute Gasteiger partial charge is 0.497 e. The molecule has 0 aliphatic heterocycles. The van der Waals surface area contributed by atoms with Gasteiger partial charge in [-0.3, -0.25) is 10.6 Å². The number of nitrogens with two attached hydrogens (primary N) is 2. The smallest absolute Gasteiger partial charge is 0.251 e. The number of anilines is 2. The topological polar surface area (TPSA) is 102 Å². The van der Waals surface area contributed by atoms with Crippen LogP contribution in [0.5, 0.6) is 5.75 Å². The Morgan fingerprint density at radius 2 is 2.05 bits per heavy atom. The molecule has 0 unspecified atom stereocenters. The van der Waals surface area contributed by atoms with E-state index in [1.807, 2.05) is 24.3 Å². The molecule has 0 aromatic heterocycles. The molecule has 0 aliphatic rings. The lowest BCUT2D eigenvalue weighted by molar-refractivity contribution is 0.0951. The zero-order valence-corrected chi connectivity index (χ0v) is 11.7. The number of nitrogen functional groups attached to an aromatic ring is 2. The van der Waals surface area contributed by atoms with Gasteiger partial charge in [-0.2, -0.15) is 0 Å². The number of ether oxygens (including phenoxy) is 1. The van der Waals surface area contributed by atoms with Crippen LogP contribution in [-0.2, 0) is 6.54 Å². The molecule has 0 fully saturated rings. The van der Waals surface area contributed by atoms with Gasteiger partial charge in [-0.1, -0.05) is 12.1 Å². The quantitative estimate of drug-likeness (QED) is 0.379. The van der Waals surface area contributed by atoms with Crippen molar-refractivity contribution in [2.24, 2.45) is 5.84 Å². The Labute approximate surface area is 123 Å². The minimum absolute atomic E-state index is 0.201. The lowest BCUT2D eigenvalue weighted by Crippen LogP contribution is -2.23. The van der Waals surface area contributed by atoms with Crippen LogP contribution in [0.1, 0.15) is 15.9 Å². The van der Waals surface area contributed by atoms with E-state index >= 15 is 0 Å². The van der Waals surface area contributed by atoms with Gasteiger partial charge in [0.2, 0.25) is 0 Å². The van der Waals surface area contributed by atoms with Crippen molar-refractivity contribution in [2.75, 3.05) is 18.3 Å². The molecule has 0 heterocycles. The standard InChI is InChI=1S/C15H18N4O2/c1-21-12-4-2-3-10(7-12)9-18-15(20)11-5-6-14(19-17)13(16)8-11/h2-8,19H,9,16-17H2,1H3,(H,18,20). The number of hydrazine groups is 1. The second-order valence-corrected chi connectivity index (χ2v) is 4.48. The second kappa shape index (κ2) is 6.62. The van der Waals surface area contributed by atoms with E-state index in [0.29, 0.717) is 23.5 Å². The van der Waals surface area contributed by atoms with Gasteiger partial charge in [-0.05, 0) is 35.9 Å². The van der Waals surface area contributed by atoms with Crippen LogP contribution in [0.25, 0.3) is 0 Å². The maximum Gasteiger partial charge on any atom is 0.251 e. The van der Waals surface area contributed by atoms with Gasteiger partial charge in [-0.25, -0.2) is 0 Å². The van der Waals surface area contributed by atoms with E-state index in [0.717, 1.165) is 11.3 Å². The summed E-state index contributed by atoms with van der Waals surface area (Å²) in [5, 5.41) is 2.83. The van der Waals surface area contributed by atoms with Gasteiger partial charge >= 0.3 is 0 Å². The highest BCUT2D eigenvalue weighted by Crippen LogP contribution is 2.18. The molecule has 21 heavy (non-hydrogen) atoms. The first-order valence-electron chi connectivity index (χ1n) is 6.41. The molecular formula is C15H18N4O2. The van der Waals surface area contributed by atoms with Crippen molar-refractivity contribution in [3.8, 4) is 5.75 Å². The minimum Gasteiger partial charge on any atom is -0.497 e. The average molecular weight is 286 g/mol. The molecule has 0 bridgehead atoms. The SMILES string of the molecule is COc1cccc(CNC(=O)c2ccc(NN)c(N)c2)c1. The van der Waals surface area contributed by atoms with Crippen LogP contribution in [0, 0.1) is 0 Å². The van der Waals surface area contributed by atoms with Gasteiger partial charge in [0.15, 0.2) is 0 Å². The summed E-state index contributed by atoms with van der Waals surface area (Å²) in [5.74, 6) is 5.85. The average Bonchev–Trinajstić information content (AvgIpc) is 2.52. The van der Waals surface area contributed by atoms with Crippen molar-refractivity contribution in [2.45, 2.75) is 6.54 Å². The highest BCUT2D eigenvalue weighted by Gasteiger charge is 2.08. The number of carbonyl (C=O) groups excluding carboxylic acids is 1.